The lowest BCUT2D eigenvalue weighted by Gasteiger charge is -2.06. The molecular formula is C18H25N3S. The van der Waals surface area contributed by atoms with Gasteiger partial charge in [-0.2, -0.15) is 5.10 Å². The molecule has 1 aromatic carbocycles. The number of hydrogen-bond donors (Lipinski definition) is 1. The fourth-order valence-electron chi connectivity index (χ4n) is 2.62. The zero-order valence-electron chi connectivity index (χ0n) is 13.1. The lowest BCUT2D eigenvalue weighted by atomic mass is 10.1. The molecule has 0 bridgehead atoms. The lowest BCUT2D eigenvalue weighted by Crippen LogP contribution is -2.01. The van der Waals surface area contributed by atoms with Crippen molar-refractivity contribution in [1.82, 2.24) is 14.8 Å². The van der Waals surface area contributed by atoms with Gasteiger partial charge in [-0.15, -0.1) is 6.58 Å². The monoisotopic (exact) mass is 315 g/mol. The van der Waals surface area contributed by atoms with Gasteiger partial charge in [0.1, 0.15) is 5.82 Å². The number of rotatable bonds is 10. The fourth-order valence-corrected chi connectivity index (χ4v) is 2.88. The van der Waals surface area contributed by atoms with Crippen LogP contribution < -0.4 is 0 Å². The molecule has 0 saturated carbocycles. The molecule has 0 atom stereocenters. The highest BCUT2D eigenvalue weighted by molar-refractivity contribution is 7.71. The van der Waals surface area contributed by atoms with E-state index in [-0.39, 0.29) is 0 Å². The lowest BCUT2D eigenvalue weighted by molar-refractivity contribution is 0.589. The minimum absolute atomic E-state index is 0.672. The van der Waals surface area contributed by atoms with E-state index in [1.807, 2.05) is 28.8 Å². The fraction of sp³-hybridized carbons (Fsp3) is 0.444. The van der Waals surface area contributed by atoms with Gasteiger partial charge in [-0.3, -0.25) is 9.67 Å². The minimum atomic E-state index is 0.672. The van der Waals surface area contributed by atoms with Crippen LogP contribution in [0.15, 0.2) is 43.0 Å². The van der Waals surface area contributed by atoms with E-state index in [4.69, 9.17) is 12.2 Å². The van der Waals surface area contributed by atoms with Gasteiger partial charge in [0.05, 0.1) is 0 Å². The number of nitrogens with one attached hydrogen (secondary N) is 1. The molecule has 4 heteroatoms. The van der Waals surface area contributed by atoms with Crippen molar-refractivity contribution in [2.75, 3.05) is 0 Å². The first-order valence-corrected chi connectivity index (χ1v) is 8.56. The summed E-state index contributed by atoms with van der Waals surface area (Å²) >= 11 is 5.35. The Morgan fingerprint density at radius 1 is 1.05 bits per heavy atom. The summed E-state index contributed by atoms with van der Waals surface area (Å²) in [6.07, 6.45) is 11.7. The molecule has 1 N–H and O–H groups in total. The summed E-state index contributed by atoms with van der Waals surface area (Å²) in [7, 11) is 0. The molecule has 0 aliphatic rings. The van der Waals surface area contributed by atoms with Gasteiger partial charge in [0.15, 0.2) is 4.77 Å². The first kappa shape index (κ1) is 16.7. The van der Waals surface area contributed by atoms with Gasteiger partial charge in [0, 0.05) is 12.1 Å². The average molecular weight is 315 g/mol. The summed E-state index contributed by atoms with van der Waals surface area (Å²) in [4.78, 5) is 0. The molecule has 0 fully saturated rings. The van der Waals surface area contributed by atoms with Crippen molar-refractivity contribution in [2.45, 2.75) is 51.4 Å². The third-order valence-electron chi connectivity index (χ3n) is 3.81. The normalized spacial score (nSPS) is 10.7. The van der Waals surface area contributed by atoms with Gasteiger partial charge in [-0.1, -0.05) is 50.0 Å². The van der Waals surface area contributed by atoms with Crippen molar-refractivity contribution in [1.29, 1.82) is 0 Å². The van der Waals surface area contributed by atoms with Gasteiger partial charge < -0.3 is 0 Å². The second kappa shape index (κ2) is 9.36. The third kappa shape index (κ3) is 4.95. The van der Waals surface area contributed by atoms with Gasteiger partial charge in [0.25, 0.3) is 0 Å². The van der Waals surface area contributed by atoms with Crippen LogP contribution in [0.1, 0.15) is 50.8 Å². The minimum Gasteiger partial charge on any atom is -0.272 e. The Labute approximate surface area is 138 Å². The Bertz CT molecular complexity index is 613. The second-order valence-corrected chi connectivity index (χ2v) is 5.95. The maximum atomic E-state index is 5.35. The first-order chi connectivity index (χ1) is 10.8. The molecule has 2 rings (SSSR count). The number of unbranched alkanes of at least 4 members (excludes halogenated alkanes) is 6. The Morgan fingerprint density at radius 2 is 1.73 bits per heavy atom. The molecule has 0 aliphatic heterocycles. The van der Waals surface area contributed by atoms with E-state index in [0.29, 0.717) is 4.77 Å². The Hall–Kier alpha value is -1.68. The van der Waals surface area contributed by atoms with E-state index in [1.165, 1.54) is 32.1 Å². The summed E-state index contributed by atoms with van der Waals surface area (Å²) in [5, 5.41) is 7.30. The molecule has 1 aromatic heterocycles. The van der Waals surface area contributed by atoms with Crippen LogP contribution in [0.2, 0.25) is 0 Å². The van der Waals surface area contributed by atoms with Crippen molar-refractivity contribution >= 4 is 12.2 Å². The van der Waals surface area contributed by atoms with Crippen LogP contribution in [-0.2, 0) is 6.42 Å². The van der Waals surface area contributed by atoms with Crippen molar-refractivity contribution in [3.05, 3.63) is 53.6 Å². The number of aromatic amines is 1. The maximum Gasteiger partial charge on any atom is 0.199 e. The summed E-state index contributed by atoms with van der Waals surface area (Å²) in [5.74, 6) is 1.03. The molecule has 1 heterocycles. The van der Waals surface area contributed by atoms with Crippen molar-refractivity contribution < 1.29 is 0 Å². The number of benzene rings is 1. The number of aryl methyl sites for hydroxylation is 1. The summed E-state index contributed by atoms with van der Waals surface area (Å²) in [6, 6.07) is 10.2. The first-order valence-electron chi connectivity index (χ1n) is 8.15. The van der Waals surface area contributed by atoms with Crippen molar-refractivity contribution in [3.63, 3.8) is 0 Å². The molecule has 22 heavy (non-hydrogen) atoms. The summed E-state index contributed by atoms with van der Waals surface area (Å²) in [6.45, 7) is 3.76. The summed E-state index contributed by atoms with van der Waals surface area (Å²) in [5.41, 5.74) is 1.08. The molecule has 2 aromatic rings. The molecule has 0 unspecified atom stereocenters. The van der Waals surface area contributed by atoms with Crippen LogP contribution in [0.3, 0.4) is 0 Å². The van der Waals surface area contributed by atoms with Crippen LogP contribution in [0.25, 0.3) is 5.69 Å². The van der Waals surface area contributed by atoms with E-state index < -0.39 is 0 Å². The highest BCUT2D eigenvalue weighted by atomic mass is 32.1. The molecule has 0 spiro atoms. The van der Waals surface area contributed by atoms with Crippen LogP contribution >= 0.6 is 12.2 Å². The van der Waals surface area contributed by atoms with E-state index in [1.54, 1.807) is 0 Å². The van der Waals surface area contributed by atoms with E-state index in [0.717, 1.165) is 30.8 Å². The number of para-hydroxylation sites is 1. The summed E-state index contributed by atoms with van der Waals surface area (Å²) < 4.78 is 2.71. The molecule has 3 nitrogen and oxygen atoms in total. The average Bonchev–Trinajstić information content (AvgIpc) is 2.91. The smallest absolute Gasteiger partial charge is 0.199 e. The third-order valence-corrected chi connectivity index (χ3v) is 4.09. The zero-order valence-corrected chi connectivity index (χ0v) is 13.9. The highest BCUT2D eigenvalue weighted by Gasteiger charge is 2.07. The van der Waals surface area contributed by atoms with Crippen molar-refractivity contribution in [2.24, 2.45) is 0 Å². The van der Waals surface area contributed by atoms with E-state index in [9.17, 15) is 0 Å². The Morgan fingerprint density at radius 3 is 2.45 bits per heavy atom. The Balaban J connectivity index is 1.80. The molecule has 0 amide bonds. The Kier molecular flexibility index (Phi) is 7.10. The van der Waals surface area contributed by atoms with E-state index >= 15 is 0 Å². The topological polar surface area (TPSA) is 33.6 Å². The molecular weight excluding hydrogens is 290 g/mol. The molecule has 0 aliphatic carbocycles. The number of allylic oxidation sites excluding steroid dienone is 1. The van der Waals surface area contributed by atoms with Crippen molar-refractivity contribution in [3.8, 4) is 5.69 Å². The van der Waals surface area contributed by atoms with Gasteiger partial charge in [-0.05, 0) is 43.6 Å². The van der Waals surface area contributed by atoms with Gasteiger partial charge in [0.2, 0.25) is 0 Å². The second-order valence-electron chi connectivity index (χ2n) is 5.56. The SMILES string of the molecule is C=CCCCCCCCCc1n[nH]c(=S)n1-c1ccccc1. The predicted octanol–water partition coefficient (Wildman–Crippen LogP) is 5.39. The van der Waals surface area contributed by atoms with Gasteiger partial charge >= 0.3 is 0 Å². The van der Waals surface area contributed by atoms with Crippen LogP contribution in [0.4, 0.5) is 0 Å². The molecule has 0 saturated heterocycles. The largest absolute Gasteiger partial charge is 0.272 e. The van der Waals surface area contributed by atoms with Crippen LogP contribution in [-0.4, -0.2) is 14.8 Å². The number of aromatic nitrogens is 3. The van der Waals surface area contributed by atoms with Gasteiger partial charge in [-0.25, -0.2) is 0 Å². The van der Waals surface area contributed by atoms with Crippen LogP contribution in [0.5, 0.6) is 0 Å². The maximum absolute atomic E-state index is 5.35. The number of H-pyrrole nitrogens is 1. The zero-order chi connectivity index (χ0) is 15.6. The number of hydrogen-bond acceptors (Lipinski definition) is 2. The molecule has 0 radical (unpaired) electrons. The quantitative estimate of drug-likeness (QED) is 0.362. The van der Waals surface area contributed by atoms with E-state index in [2.05, 4.69) is 28.9 Å². The predicted molar refractivity (Wildman–Crippen MR) is 95.0 cm³/mol. The molecule has 118 valence electrons. The highest BCUT2D eigenvalue weighted by Crippen LogP contribution is 2.14. The standard InChI is InChI=1S/C18H25N3S/c1-2-3-4-5-6-7-8-12-15-17-19-20-18(22)21(17)16-13-10-9-11-14-16/h2,9-11,13-14H,1,3-8,12,15H2,(H,20,22). The number of nitrogens with zero attached hydrogens (tertiary/aromatic N) is 2. The van der Waals surface area contributed by atoms with Crippen LogP contribution in [0, 0.1) is 4.77 Å².